The number of nitrogens with one attached hydrogen (secondary N) is 1. The first-order valence-electron chi connectivity index (χ1n) is 6.56. The van der Waals surface area contributed by atoms with Gasteiger partial charge in [-0.05, 0) is 55.4 Å². The van der Waals surface area contributed by atoms with E-state index in [0.717, 1.165) is 15.5 Å². The van der Waals surface area contributed by atoms with E-state index in [4.69, 9.17) is 0 Å². The summed E-state index contributed by atoms with van der Waals surface area (Å²) in [5.41, 5.74) is 1.33. The summed E-state index contributed by atoms with van der Waals surface area (Å²) in [5.74, 6) is 0. The largest absolute Gasteiger partial charge is 0.310 e. The van der Waals surface area contributed by atoms with Gasteiger partial charge in [0.05, 0.1) is 0 Å². The van der Waals surface area contributed by atoms with E-state index in [1.54, 1.807) is 11.8 Å². The SMILES string of the molecule is CCNC(C)c1cc(Br)ccc1Sc1cccc(Br)c1. The van der Waals surface area contributed by atoms with Crippen molar-refractivity contribution in [1.82, 2.24) is 5.32 Å². The van der Waals surface area contributed by atoms with Crippen molar-refractivity contribution in [3.63, 3.8) is 0 Å². The van der Waals surface area contributed by atoms with Crippen LogP contribution in [0.3, 0.4) is 0 Å². The Morgan fingerprint density at radius 2 is 1.85 bits per heavy atom. The van der Waals surface area contributed by atoms with Crippen LogP contribution in [0.2, 0.25) is 0 Å². The fraction of sp³-hybridized carbons (Fsp3) is 0.250. The highest BCUT2D eigenvalue weighted by Gasteiger charge is 2.11. The van der Waals surface area contributed by atoms with Crippen molar-refractivity contribution >= 4 is 43.6 Å². The topological polar surface area (TPSA) is 12.0 Å². The van der Waals surface area contributed by atoms with Gasteiger partial charge in [0.15, 0.2) is 0 Å². The van der Waals surface area contributed by atoms with Gasteiger partial charge in [-0.15, -0.1) is 0 Å². The van der Waals surface area contributed by atoms with Gasteiger partial charge in [0.2, 0.25) is 0 Å². The lowest BCUT2D eigenvalue weighted by atomic mass is 10.1. The Labute approximate surface area is 141 Å². The van der Waals surface area contributed by atoms with Crippen LogP contribution in [0.1, 0.15) is 25.5 Å². The second kappa shape index (κ2) is 7.64. The van der Waals surface area contributed by atoms with Crippen LogP contribution in [0.5, 0.6) is 0 Å². The Bertz CT molecular complexity index is 586. The molecule has 0 saturated carbocycles. The van der Waals surface area contributed by atoms with Gasteiger partial charge in [-0.3, -0.25) is 0 Å². The molecule has 0 saturated heterocycles. The molecule has 0 bridgehead atoms. The summed E-state index contributed by atoms with van der Waals surface area (Å²) in [6, 6.07) is 15.2. The van der Waals surface area contributed by atoms with Crippen molar-refractivity contribution in [2.45, 2.75) is 29.7 Å². The number of rotatable bonds is 5. The molecular formula is C16H17Br2NS. The maximum absolute atomic E-state index is 3.57. The second-order valence-corrected chi connectivity index (χ2v) is 7.47. The molecule has 2 rings (SSSR count). The quantitative estimate of drug-likeness (QED) is 0.640. The zero-order valence-corrected chi connectivity index (χ0v) is 15.5. The Balaban J connectivity index is 2.31. The van der Waals surface area contributed by atoms with E-state index in [0.29, 0.717) is 6.04 Å². The van der Waals surface area contributed by atoms with Crippen molar-refractivity contribution in [2.24, 2.45) is 0 Å². The van der Waals surface area contributed by atoms with Crippen LogP contribution in [0.4, 0.5) is 0 Å². The number of halogens is 2. The molecule has 106 valence electrons. The van der Waals surface area contributed by atoms with Gasteiger partial charge in [-0.25, -0.2) is 0 Å². The third-order valence-electron chi connectivity index (χ3n) is 2.97. The summed E-state index contributed by atoms with van der Waals surface area (Å²) in [4.78, 5) is 2.53. The Morgan fingerprint density at radius 3 is 2.55 bits per heavy atom. The van der Waals surface area contributed by atoms with Gasteiger partial charge in [0.25, 0.3) is 0 Å². The van der Waals surface area contributed by atoms with Crippen LogP contribution in [0.25, 0.3) is 0 Å². The molecule has 0 heterocycles. The van der Waals surface area contributed by atoms with E-state index >= 15 is 0 Å². The average molecular weight is 415 g/mol. The van der Waals surface area contributed by atoms with Crippen LogP contribution in [0, 0.1) is 0 Å². The summed E-state index contributed by atoms with van der Waals surface area (Å²) >= 11 is 8.89. The fourth-order valence-corrected chi connectivity index (χ4v) is 4.03. The maximum atomic E-state index is 3.57. The summed E-state index contributed by atoms with van der Waals surface area (Å²) < 4.78 is 2.23. The van der Waals surface area contributed by atoms with E-state index in [9.17, 15) is 0 Å². The fourth-order valence-electron chi connectivity index (χ4n) is 2.02. The minimum Gasteiger partial charge on any atom is -0.310 e. The van der Waals surface area contributed by atoms with Crippen LogP contribution in [0.15, 0.2) is 61.2 Å². The van der Waals surface area contributed by atoms with E-state index in [1.165, 1.54) is 15.4 Å². The molecule has 0 fully saturated rings. The highest BCUT2D eigenvalue weighted by atomic mass is 79.9. The van der Waals surface area contributed by atoms with Crippen molar-refractivity contribution in [3.8, 4) is 0 Å². The van der Waals surface area contributed by atoms with Crippen molar-refractivity contribution in [1.29, 1.82) is 0 Å². The molecule has 1 unspecified atom stereocenters. The molecule has 2 aromatic carbocycles. The van der Waals surface area contributed by atoms with Crippen molar-refractivity contribution in [3.05, 3.63) is 57.0 Å². The summed E-state index contributed by atoms with van der Waals surface area (Å²) in [6.07, 6.45) is 0. The van der Waals surface area contributed by atoms with Crippen LogP contribution < -0.4 is 5.32 Å². The smallest absolute Gasteiger partial charge is 0.0303 e. The average Bonchev–Trinajstić information content (AvgIpc) is 2.41. The molecule has 2 aromatic rings. The van der Waals surface area contributed by atoms with Gasteiger partial charge < -0.3 is 5.32 Å². The molecule has 1 nitrogen and oxygen atoms in total. The molecule has 0 amide bonds. The molecular weight excluding hydrogens is 398 g/mol. The van der Waals surface area contributed by atoms with Gasteiger partial charge in [-0.2, -0.15) is 0 Å². The monoisotopic (exact) mass is 413 g/mol. The lowest BCUT2D eigenvalue weighted by molar-refractivity contribution is 0.589. The molecule has 0 spiro atoms. The lowest BCUT2D eigenvalue weighted by Gasteiger charge is -2.17. The highest BCUT2D eigenvalue weighted by molar-refractivity contribution is 9.10. The highest BCUT2D eigenvalue weighted by Crippen LogP contribution is 2.35. The van der Waals surface area contributed by atoms with E-state index < -0.39 is 0 Å². The summed E-state index contributed by atoms with van der Waals surface area (Å²) in [7, 11) is 0. The lowest BCUT2D eigenvalue weighted by Crippen LogP contribution is -2.18. The Hall–Kier alpha value is -0.290. The molecule has 0 aliphatic heterocycles. The first-order valence-corrected chi connectivity index (χ1v) is 8.96. The third kappa shape index (κ3) is 4.35. The zero-order chi connectivity index (χ0) is 14.5. The van der Waals surface area contributed by atoms with Gasteiger partial charge in [0, 0.05) is 24.8 Å². The first-order chi connectivity index (χ1) is 9.60. The van der Waals surface area contributed by atoms with Crippen LogP contribution in [-0.2, 0) is 0 Å². The predicted molar refractivity (Wildman–Crippen MR) is 94.5 cm³/mol. The molecule has 0 aliphatic rings. The minimum absolute atomic E-state index is 0.340. The predicted octanol–water partition coefficient (Wildman–Crippen LogP) is 6.03. The molecule has 1 N–H and O–H groups in total. The molecule has 0 aliphatic carbocycles. The van der Waals surface area contributed by atoms with Gasteiger partial charge in [0.1, 0.15) is 0 Å². The summed E-state index contributed by atoms with van der Waals surface area (Å²) in [5, 5.41) is 3.48. The standard InChI is InChI=1S/C16H17Br2NS/c1-3-19-11(2)15-10-13(18)7-8-16(15)20-14-6-4-5-12(17)9-14/h4-11,19H,3H2,1-2H3. The number of hydrogen-bond acceptors (Lipinski definition) is 2. The maximum Gasteiger partial charge on any atom is 0.0303 e. The third-order valence-corrected chi connectivity index (χ3v) is 5.04. The van der Waals surface area contributed by atoms with Crippen LogP contribution >= 0.6 is 43.6 Å². The van der Waals surface area contributed by atoms with Crippen LogP contribution in [-0.4, -0.2) is 6.54 Å². The Morgan fingerprint density at radius 1 is 1.10 bits per heavy atom. The first kappa shape index (κ1) is 16.1. The van der Waals surface area contributed by atoms with Crippen molar-refractivity contribution < 1.29 is 0 Å². The molecule has 1 atom stereocenters. The molecule has 4 heteroatoms. The van der Waals surface area contributed by atoms with E-state index in [2.05, 4.69) is 87.4 Å². The van der Waals surface area contributed by atoms with Gasteiger partial charge in [-0.1, -0.05) is 56.6 Å². The Kier molecular flexibility index (Phi) is 6.15. The molecule has 0 radical (unpaired) electrons. The van der Waals surface area contributed by atoms with E-state index in [1.807, 2.05) is 6.07 Å². The zero-order valence-electron chi connectivity index (χ0n) is 11.5. The number of benzene rings is 2. The number of hydrogen-bond donors (Lipinski definition) is 1. The second-order valence-electron chi connectivity index (χ2n) is 4.52. The molecule has 0 aromatic heterocycles. The van der Waals surface area contributed by atoms with E-state index in [-0.39, 0.29) is 0 Å². The minimum atomic E-state index is 0.340. The van der Waals surface area contributed by atoms with Crippen molar-refractivity contribution in [2.75, 3.05) is 6.54 Å². The molecule has 20 heavy (non-hydrogen) atoms. The summed E-state index contributed by atoms with van der Waals surface area (Å²) in [6.45, 7) is 5.31. The normalized spacial score (nSPS) is 12.4. The van der Waals surface area contributed by atoms with Gasteiger partial charge >= 0.3 is 0 Å².